The molecule has 1 fully saturated rings. The molecule has 0 atom stereocenters. The summed E-state index contributed by atoms with van der Waals surface area (Å²) in [5.74, 6) is 0.620. The molecule has 8 heteroatoms. The van der Waals surface area contributed by atoms with Crippen molar-refractivity contribution < 1.29 is 9.47 Å². The minimum atomic E-state index is -0.0108. The molecule has 1 aromatic carbocycles. The van der Waals surface area contributed by atoms with E-state index in [2.05, 4.69) is 20.1 Å². The number of nitrogens with zero attached hydrogens (tertiary/aromatic N) is 5. The van der Waals surface area contributed by atoms with Crippen LogP contribution < -0.4 is 10.5 Å². The molecule has 4 heterocycles. The number of fused-ring (bicyclic) bond motifs is 2. The number of rotatable bonds is 3. The van der Waals surface area contributed by atoms with Crippen molar-refractivity contribution in [3.63, 3.8) is 0 Å². The van der Waals surface area contributed by atoms with E-state index in [9.17, 15) is 0 Å². The Labute approximate surface area is 142 Å². The SMILES string of the molecule is Nc1nc(OC2COC2)c2c(-c3ccc4nccnc4c3)ccn2n1. The average Bonchev–Trinajstić information content (AvgIpc) is 3.01. The first-order valence-corrected chi connectivity index (χ1v) is 7.88. The number of benzene rings is 1. The van der Waals surface area contributed by atoms with E-state index in [1.54, 1.807) is 16.9 Å². The number of anilines is 1. The summed E-state index contributed by atoms with van der Waals surface area (Å²) < 4.78 is 12.8. The molecule has 0 unspecified atom stereocenters. The van der Waals surface area contributed by atoms with E-state index in [0.29, 0.717) is 19.1 Å². The molecule has 1 aliphatic rings. The number of ether oxygens (including phenoxy) is 2. The zero-order valence-electron chi connectivity index (χ0n) is 13.2. The van der Waals surface area contributed by atoms with Crippen molar-refractivity contribution in [3.05, 3.63) is 42.9 Å². The molecule has 4 aromatic rings. The van der Waals surface area contributed by atoms with Gasteiger partial charge in [-0.25, -0.2) is 4.52 Å². The topological polar surface area (TPSA) is 100 Å². The van der Waals surface area contributed by atoms with Crippen LogP contribution in [0.4, 0.5) is 5.95 Å². The van der Waals surface area contributed by atoms with Gasteiger partial charge >= 0.3 is 0 Å². The lowest BCUT2D eigenvalue weighted by atomic mass is 10.1. The third-order valence-corrected chi connectivity index (χ3v) is 4.16. The summed E-state index contributed by atoms with van der Waals surface area (Å²) in [6.45, 7) is 1.11. The Kier molecular flexibility index (Phi) is 3.04. The largest absolute Gasteiger partial charge is 0.468 e. The van der Waals surface area contributed by atoms with Crippen molar-refractivity contribution in [1.29, 1.82) is 0 Å². The predicted molar refractivity (Wildman–Crippen MR) is 91.2 cm³/mol. The smallest absolute Gasteiger partial charge is 0.244 e. The first kappa shape index (κ1) is 14.1. The zero-order valence-corrected chi connectivity index (χ0v) is 13.2. The van der Waals surface area contributed by atoms with E-state index < -0.39 is 0 Å². The van der Waals surface area contributed by atoms with Crippen LogP contribution in [0.3, 0.4) is 0 Å². The van der Waals surface area contributed by atoms with E-state index >= 15 is 0 Å². The Hall–Kier alpha value is -3.26. The summed E-state index contributed by atoms with van der Waals surface area (Å²) in [7, 11) is 0. The van der Waals surface area contributed by atoms with Gasteiger partial charge in [0.2, 0.25) is 11.8 Å². The highest BCUT2D eigenvalue weighted by Crippen LogP contribution is 2.33. The van der Waals surface area contributed by atoms with E-state index in [1.807, 2.05) is 30.5 Å². The summed E-state index contributed by atoms with van der Waals surface area (Å²) >= 11 is 0. The lowest BCUT2D eigenvalue weighted by Gasteiger charge is -2.26. The summed E-state index contributed by atoms with van der Waals surface area (Å²) in [4.78, 5) is 13.0. The maximum absolute atomic E-state index is 5.95. The second-order valence-corrected chi connectivity index (χ2v) is 5.83. The van der Waals surface area contributed by atoms with Gasteiger partial charge in [0.1, 0.15) is 11.6 Å². The first-order valence-electron chi connectivity index (χ1n) is 7.88. The van der Waals surface area contributed by atoms with Gasteiger partial charge in [-0.15, -0.1) is 5.10 Å². The van der Waals surface area contributed by atoms with E-state index in [4.69, 9.17) is 15.2 Å². The van der Waals surface area contributed by atoms with Crippen molar-refractivity contribution in [2.45, 2.75) is 6.10 Å². The Morgan fingerprint density at radius 1 is 1.12 bits per heavy atom. The van der Waals surface area contributed by atoms with Crippen LogP contribution in [0, 0.1) is 0 Å². The van der Waals surface area contributed by atoms with E-state index in [-0.39, 0.29) is 12.1 Å². The molecule has 3 aromatic heterocycles. The molecule has 1 aliphatic heterocycles. The minimum Gasteiger partial charge on any atom is -0.468 e. The van der Waals surface area contributed by atoms with Gasteiger partial charge in [-0.3, -0.25) is 9.97 Å². The number of nitrogen functional groups attached to an aromatic ring is 1. The Bertz CT molecular complexity index is 1090. The van der Waals surface area contributed by atoms with Crippen molar-refractivity contribution in [2.75, 3.05) is 18.9 Å². The minimum absolute atomic E-state index is 0.0108. The van der Waals surface area contributed by atoms with Gasteiger partial charge in [0, 0.05) is 24.2 Å². The number of hydrogen-bond acceptors (Lipinski definition) is 7. The van der Waals surface area contributed by atoms with Crippen LogP contribution in [0.2, 0.25) is 0 Å². The van der Waals surface area contributed by atoms with Crippen LogP contribution in [-0.2, 0) is 4.74 Å². The molecule has 0 bridgehead atoms. The van der Waals surface area contributed by atoms with E-state index in [0.717, 1.165) is 27.7 Å². The number of hydrogen-bond donors (Lipinski definition) is 1. The highest BCUT2D eigenvalue weighted by Gasteiger charge is 2.24. The van der Waals surface area contributed by atoms with Crippen molar-refractivity contribution >= 4 is 22.5 Å². The van der Waals surface area contributed by atoms with Gasteiger partial charge in [0.15, 0.2) is 0 Å². The Balaban J connectivity index is 1.69. The molecule has 124 valence electrons. The molecular formula is C17H14N6O2. The molecule has 2 N–H and O–H groups in total. The van der Waals surface area contributed by atoms with Gasteiger partial charge in [-0.05, 0) is 23.8 Å². The van der Waals surface area contributed by atoms with Crippen LogP contribution >= 0.6 is 0 Å². The first-order chi connectivity index (χ1) is 12.3. The van der Waals surface area contributed by atoms with Crippen molar-refractivity contribution in [3.8, 4) is 17.0 Å². The van der Waals surface area contributed by atoms with E-state index in [1.165, 1.54) is 0 Å². The van der Waals surface area contributed by atoms with Gasteiger partial charge in [-0.1, -0.05) is 6.07 Å². The second-order valence-electron chi connectivity index (χ2n) is 5.83. The molecular weight excluding hydrogens is 320 g/mol. The van der Waals surface area contributed by atoms with Crippen LogP contribution in [-0.4, -0.2) is 43.9 Å². The highest BCUT2D eigenvalue weighted by molar-refractivity contribution is 5.89. The van der Waals surface area contributed by atoms with Gasteiger partial charge in [0.05, 0.1) is 24.2 Å². The normalized spacial score (nSPS) is 14.7. The molecule has 0 spiro atoms. The summed E-state index contributed by atoms with van der Waals surface area (Å²) in [5.41, 5.74) is 10.2. The molecule has 5 rings (SSSR count). The summed E-state index contributed by atoms with van der Waals surface area (Å²) in [6, 6.07) is 7.90. The van der Waals surface area contributed by atoms with Gasteiger partial charge < -0.3 is 15.2 Å². The third-order valence-electron chi connectivity index (χ3n) is 4.16. The quantitative estimate of drug-likeness (QED) is 0.608. The van der Waals surface area contributed by atoms with Gasteiger partial charge in [0.25, 0.3) is 0 Å². The van der Waals surface area contributed by atoms with Gasteiger partial charge in [-0.2, -0.15) is 4.98 Å². The molecule has 25 heavy (non-hydrogen) atoms. The average molecular weight is 334 g/mol. The molecule has 0 radical (unpaired) electrons. The highest BCUT2D eigenvalue weighted by atomic mass is 16.6. The third kappa shape index (κ3) is 2.34. The maximum atomic E-state index is 5.95. The fourth-order valence-electron chi connectivity index (χ4n) is 2.89. The number of nitrogens with two attached hydrogens (primary N) is 1. The zero-order chi connectivity index (χ0) is 16.8. The molecule has 8 nitrogen and oxygen atoms in total. The fourth-order valence-corrected chi connectivity index (χ4v) is 2.89. The second kappa shape index (κ2) is 5.38. The molecule has 0 saturated carbocycles. The van der Waals surface area contributed by atoms with Crippen LogP contribution in [0.15, 0.2) is 42.9 Å². The monoisotopic (exact) mass is 334 g/mol. The Morgan fingerprint density at radius 2 is 1.96 bits per heavy atom. The standard InChI is InChI=1S/C17H14N6O2/c18-17-21-16(25-11-8-24-9-11)15-12(3-6-23(15)22-17)10-1-2-13-14(7-10)20-5-4-19-13/h1-7,11H,8-9H2,(H2,18,22). The molecule has 1 saturated heterocycles. The van der Waals surface area contributed by atoms with Crippen molar-refractivity contribution in [1.82, 2.24) is 24.6 Å². The maximum Gasteiger partial charge on any atom is 0.244 e. The fraction of sp³-hybridized carbons (Fsp3) is 0.176. The lowest BCUT2D eigenvalue weighted by molar-refractivity contribution is -0.0808. The summed E-state index contributed by atoms with van der Waals surface area (Å²) in [5, 5.41) is 4.24. The Morgan fingerprint density at radius 3 is 2.76 bits per heavy atom. The summed E-state index contributed by atoms with van der Waals surface area (Å²) in [6.07, 6.45) is 5.19. The number of aromatic nitrogens is 5. The molecule has 0 aliphatic carbocycles. The lowest BCUT2D eigenvalue weighted by Crippen LogP contribution is -2.39. The molecule has 0 amide bonds. The van der Waals surface area contributed by atoms with Crippen molar-refractivity contribution in [2.24, 2.45) is 0 Å². The predicted octanol–water partition coefficient (Wildman–Crippen LogP) is 1.70. The van der Waals surface area contributed by atoms with Crippen LogP contribution in [0.25, 0.3) is 27.7 Å². The van der Waals surface area contributed by atoms with Crippen LogP contribution in [0.1, 0.15) is 0 Å². The van der Waals surface area contributed by atoms with Crippen LogP contribution in [0.5, 0.6) is 5.88 Å².